The number of hydrogen-bond acceptors (Lipinski definition) is 6. The highest BCUT2D eigenvalue weighted by Gasteiger charge is 2.16. The fourth-order valence-electron chi connectivity index (χ4n) is 2.83. The zero-order chi connectivity index (χ0) is 18.9. The van der Waals surface area contributed by atoms with Crippen molar-refractivity contribution in [2.75, 3.05) is 5.32 Å². The molecule has 5 aromatic rings. The van der Waals surface area contributed by atoms with Crippen LogP contribution in [0.1, 0.15) is 10.5 Å². The summed E-state index contributed by atoms with van der Waals surface area (Å²) in [5.41, 5.74) is 2.52. The van der Waals surface area contributed by atoms with Gasteiger partial charge in [0, 0.05) is 22.4 Å². The van der Waals surface area contributed by atoms with Crippen molar-refractivity contribution in [1.82, 2.24) is 10.1 Å². The number of anilines is 1. The SMILES string of the molecule is O=C(Nc1nc(-c2cc3ccccc3o2)cs1)c1cc(-c2ccccc2)on1. The first-order chi connectivity index (χ1) is 13.8. The molecule has 3 aromatic heterocycles. The maximum absolute atomic E-state index is 12.5. The number of nitrogens with one attached hydrogen (secondary N) is 1. The molecule has 0 radical (unpaired) electrons. The molecular weight excluding hydrogens is 374 g/mol. The first-order valence-electron chi connectivity index (χ1n) is 8.54. The molecule has 1 amide bonds. The smallest absolute Gasteiger partial charge is 0.279 e. The number of fused-ring (bicyclic) bond motifs is 1. The molecule has 28 heavy (non-hydrogen) atoms. The normalized spacial score (nSPS) is 11.0. The zero-order valence-electron chi connectivity index (χ0n) is 14.5. The van der Waals surface area contributed by atoms with Crippen LogP contribution in [0.3, 0.4) is 0 Å². The summed E-state index contributed by atoms with van der Waals surface area (Å²) in [4.78, 5) is 16.9. The van der Waals surface area contributed by atoms with Gasteiger partial charge in [-0.15, -0.1) is 11.3 Å². The monoisotopic (exact) mass is 387 g/mol. The second kappa shape index (κ2) is 6.79. The van der Waals surface area contributed by atoms with E-state index >= 15 is 0 Å². The van der Waals surface area contributed by atoms with Crippen molar-refractivity contribution < 1.29 is 13.7 Å². The van der Waals surface area contributed by atoms with E-state index in [1.165, 1.54) is 11.3 Å². The second-order valence-electron chi connectivity index (χ2n) is 6.08. The predicted molar refractivity (Wildman–Crippen MR) is 107 cm³/mol. The average Bonchev–Trinajstić information content (AvgIpc) is 3.47. The van der Waals surface area contributed by atoms with Crippen LogP contribution in [0.15, 0.2) is 81.1 Å². The molecule has 0 saturated carbocycles. The van der Waals surface area contributed by atoms with Gasteiger partial charge in [0.2, 0.25) is 0 Å². The molecular formula is C21H13N3O3S. The Kier molecular flexibility index (Phi) is 3.99. The van der Waals surface area contributed by atoms with Crippen LogP contribution in [0, 0.1) is 0 Å². The van der Waals surface area contributed by atoms with E-state index in [9.17, 15) is 4.79 Å². The number of furan rings is 1. The summed E-state index contributed by atoms with van der Waals surface area (Å²) in [5, 5.41) is 9.91. The molecule has 136 valence electrons. The molecule has 0 fully saturated rings. The molecule has 0 aliphatic heterocycles. The predicted octanol–water partition coefficient (Wildman–Crippen LogP) is 5.46. The lowest BCUT2D eigenvalue weighted by molar-refractivity contribution is 0.101. The molecule has 6 nitrogen and oxygen atoms in total. The van der Waals surface area contributed by atoms with Crippen molar-refractivity contribution in [3.05, 3.63) is 77.8 Å². The molecule has 0 aliphatic carbocycles. The van der Waals surface area contributed by atoms with Crippen molar-refractivity contribution >= 4 is 33.3 Å². The Balaban J connectivity index is 1.34. The van der Waals surface area contributed by atoms with Crippen molar-refractivity contribution in [1.29, 1.82) is 0 Å². The molecule has 1 N–H and O–H groups in total. The Morgan fingerprint density at radius 3 is 2.64 bits per heavy atom. The molecule has 2 aromatic carbocycles. The number of carbonyl (C=O) groups is 1. The van der Waals surface area contributed by atoms with Crippen molar-refractivity contribution in [2.24, 2.45) is 0 Å². The van der Waals surface area contributed by atoms with E-state index in [1.54, 1.807) is 6.07 Å². The number of benzene rings is 2. The molecule has 5 rings (SSSR count). The number of nitrogens with zero attached hydrogens (tertiary/aromatic N) is 2. The Hall–Kier alpha value is -3.71. The van der Waals surface area contributed by atoms with Crippen LogP contribution in [0.4, 0.5) is 5.13 Å². The van der Waals surface area contributed by atoms with Crippen LogP contribution in [0.25, 0.3) is 33.7 Å². The van der Waals surface area contributed by atoms with E-state index in [1.807, 2.05) is 66.0 Å². The van der Waals surface area contributed by atoms with E-state index in [2.05, 4.69) is 15.5 Å². The highest BCUT2D eigenvalue weighted by Crippen LogP contribution is 2.30. The number of hydrogen-bond donors (Lipinski definition) is 1. The Morgan fingerprint density at radius 1 is 0.964 bits per heavy atom. The van der Waals surface area contributed by atoms with E-state index in [0.717, 1.165) is 16.5 Å². The van der Waals surface area contributed by atoms with Crippen molar-refractivity contribution in [3.63, 3.8) is 0 Å². The molecule has 0 bridgehead atoms. The van der Waals surface area contributed by atoms with Gasteiger partial charge in [0.1, 0.15) is 11.3 Å². The number of rotatable bonds is 4. The molecule has 0 aliphatic rings. The topological polar surface area (TPSA) is 81.2 Å². The molecule has 0 atom stereocenters. The van der Waals surface area contributed by atoms with Gasteiger partial charge < -0.3 is 8.94 Å². The average molecular weight is 387 g/mol. The summed E-state index contributed by atoms with van der Waals surface area (Å²) in [6.07, 6.45) is 0. The summed E-state index contributed by atoms with van der Waals surface area (Å²) in [7, 11) is 0. The summed E-state index contributed by atoms with van der Waals surface area (Å²) in [6, 6.07) is 20.8. The molecule has 7 heteroatoms. The fourth-order valence-corrected chi connectivity index (χ4v) is 3.53. The molecule has 0 spiro atoms. The third-order valence-electron chi connectivity index (χ3n) is 4.20. The summed E-state index contributed by atoms with van der Waals surface area (Å²) in [5.74, 6) is 0.815. The first-order valence-corrected chi connectivity index (χ1v) is 9.42. The number of aromatic nitrogens is 2. The molecule has 0 unspecified atom stereocenters. The lowest BCUT2D eigenvalue weighted by Gasteiger charge is -1.96. The van der Waals surface area contributed by atoms with E-state index in [-0.39, 0.29) is 11.6 Å². The van der Waals surface area contributed by atoms with Gasteiger partial charge in [-0.3, -0.25) is 10.1 Å². The van der Waals surface area contributed by atoms with E-state index in [0.29, 0.717) is 22.3 Å². The van der Waals surface area contributed by atoms with E-state index < -0.39 is 0 Å². The minimum Gasteiger partial charge on any atom is -0.454 e. The van der Waals surface area contributed by atoms with Gasteiger partial charge in [-0.25, -0.2) is 4.98 Å². The number of para-hydroxylation sites is 1. The fraction of sp³-hybridized carbons (Fsp3) is 0. The molecule has 3 heterocycles. The lowest BCUT2D eigenvalue weighted by Crippen LogP contribution is -2.11. The van der Waals surface area contributed by atoms with Crippen LogP contribution in [-0.4, -0.2) is 16.0 Å². The van der Waals surface area contributed by atoms with Gasteiger partial charge >= 0.3 is 0 Å². The highest BCUT2D eigenvalue weighted by molar-refractivity contribution is 7.14. The zero-order valence-corrected chi connectivity index (χ0v) is 15.3. The molecule has 0 saturated heterocycles. The van der Waals surface area contributed by atoms with Crippen LogP contribution in [0.5, 0.6) is 0 Å². The third kappa shape index (κ3) is 3.08. The van der Waals surface area contributed by atoms with Crippen LogP contribution in [-0.2, 0) is 0 Å². The maximum atomic E-state index is 12.5. The number of amides is 1. The van der Waals surface area contributed by atoms with Crippen LogP contribution >= 0.6 is 11.3 Å². The first kappa shape index (κ1) is 16.5. The highest BCUT2D eigenvalue weighted by atomic mass is 32.1. The van der Waals surface area contributed by atoms with Gasteiger partial charge in [-0.2, -0.15) is 0 Å². The Bertz CT molecular complexity index is 1240. The third-order valence-corrected chi connectivity index (χ3v) is 4.96. The Morgan fingerprint density at radius 2 is 1.79 bits per heavy atom. The van der Waals surface area contributed by atoms with Crippen LogP contribution in [0.2, 0.25) is 0 Å². The van der Waals surface area contributed by atoms with Gasteiger partial charge in [0.25, 0.3) is 5.91 Å². The van der Waals surface area contributed by atoms with Crippen molar-refractivity contribution in [3.8, 4) is 22.8 Å². The van der Waals surface area contributed by atoms with Gasteiger partial charge in [-0.1, -0.05) is 53.7 Å². The number of thiazole rings is 1. The van der Waals surface area contributed by atoms with Crippen LogP contribution < -0.4 is 5.32 Å². The minimum absolute atomic E-state index is 0.194. The Labute approximate surface area is 163 Å². The van der Waals surface area contributed by atoms with E-state index in [4.69, 9.17) is 8.94 Å². The minimum atomic E-state index is -0.378. The second-order valence-corrected chi connectivity index (χ2v) is 6.94. The van der Waals surface area contributed by atoms with Gasteiger partial charge in [0.15, 0.2) is 22.3 Å². The number of carbonyl (C=O) groups excluding carboxylic acids is 1. The van der Waals surface area contributed by atoms with Gasteiger partial charge in [0.05, 0.1) is 0 Å². The van der Waals surface area contributed by atoms with Gasteiger partial charge in [-0.05, 0) is 12.1 Å². The van der Waals surface area contributed by atoms with Crippen molar-refractivity contribution in [2.45, 2.75) is 0 Å². The maximum Gasteiger partial charge on any atom is 0.279 e. The quantitative estimate of drug-likeness (QED) is 0.443. The standard InChI is InChI=1S/C21H13N3O3S/c25-20(15-11-18(27-24-15)13-6-2-1-3-7-13)23-21-22-16(12-28-21)19-10-14-8-4-5-9-17(14)26-19/h1-12H,(H,22,23,25). The summed E-state index contributed by atoms with van der Waals surface area (Å²) >= 11 is 1.32. The lowest BCUT2D eigenvalue weighted by atomic mass is 10.1. The summed E-state index contributed by atoms with van der Waals surface area (Å²) < 4.78 is 11.1. The summed E-state index contributed by atoms with van der Waals surface area (Å²) in [6.45, 7) is 0. The largest absolute Gasteiger partial charge is 0.454 e.